The second-order valence-electron chi connectivity index (χ2n) is 4.92. The van der Waals surface area contributed by atoms with Gasteiger partial charge in [-0.1, -0.05) is 19.8 Å². The lowest BCUT2D eigenvalue weighted by Gasteiger charge is -2.14. The first-order valence-corrected chi connectivity index (χ1v) is 6.07. The fraction of sp³-hybridized carbons (Fsp3) is 0.909. The first-order valence-electron chi connectivity index (χ1n) is 6.07. The van der Waals surface area contributed by atoms with E-state index in [1.165, 1.54) is 32.1 Å². The highest BCUT2D eigenvalue weighted by atomic mass is 15.3. The molecule has 0 bridgehead atoms. The average molecular weight is 210 g/mol. The summed E-state index contributed by atoms with van der Waals surface area (Å²) in [6.45, 7) is 3.25. The predicted molar refractivity (Wildman–Crippen MR) is 62.3 cm³/mol. The molecule has 2 unspecified atom stereocenters. The number of hydrogen-bond acceptors (Lipinski definition) is 2. The van der Waals surface area contributed by atoms with Crippen molar-refractivity contribution in [1.82, 2.24) is 10.7 Å². The molecule has 86 valence electrons. The van der Waals surface area contributed by atoms with Crippen LogP contribution in [0.2, 0.25) is 0 Å². The number of hydrazine groups is 1. The molecule has 0 spiro atoms. The van der Waals surface area contributed by atoms with Crippen molar-refractivity contribution in [2.45, 2.75) is 45.1 Å². The van der Waals surface area contributed by atoms with E-state index < -0.39 is 0 Å². The SMILES string of the molecule is CC1CCCC1CN=C(NN)NC1CC1. The molecule has 0 aliphatic heterocycles. The van der Waals surface area contributed by atoms with E-state index in [1.807, 2.05) is 0 Å². The van der Waals surface area contributed by atoms with E-state index in [4.69, 9.17) is 5.84 Å². The molecule has 2 aliphatic rings. The van der Waals surface area contributed by atoms with E-state index >= 15 is 0 Å². The Kier molecular flexibility index (Phi) is 3.46. The van der Waals surface area contributed by atoms with Gasteiger partial charge in [-0.3, -0.25) is 10.4 Å². The Morgan fingerprint density at radius 3 is 2.67 bits per heavy atom. The third kappa shape index (κ3) is 3.09. The molecule has 0 saturated heterocycles. The second-order valence-corrected chi connectivity index (χ2v) is 4.92. The molecule has 0 radical (unpaired) electrons. The van der Waals surface area contributed by atoms with Crippen LogP contribution in [0.5, 0.6) is 0 Å². The molecule has 2 saturated carbocycles. The average Bonchev–Trinajstić information content (AvgIpc) is 2.96. The number of hydrogen-bond donors (Lipinski definition) is 3. The van der Waals surface area contributed by atoms with Crippen LogP contribution in [0.3, 0.4) is 0 Å². The van der Waals surface area contributed by atoms with Crippen LogP contribution in [0.1, 0.15) is 39.0 Å². The number of rotatable bonds is 3. The Bertz CT molecular complexity index is 235. The molecule has 4 N–H and O–H groups in total. The number of nitrogens with zero attached hydrogens (tertiary/aromatic N) is 1. The van der Waals surface area contributed by atoms with Crippen molar-refractivity contribution in [2.24, 2.45) is 22.7 Å². The van der Waals surface area contributed by atoms with E-state index in [0.717, 1.165) is 24.3 Å². The first-order chi connectivity index (χ1) is 7.29. The Morgan fingerprint density at radius 2 is 2.13 bits per heavy atom. The molecular weight excluding hydrogens is 188 g/mol. The van der Waals surface area contributed by atoms with Gasteiger partial charge in [-0.15, -0.1) is 0 Å². The Labute approximate surface area is 91.7 Å². The number of aliphatic imine (C=N–C) groups is 1. The van der Waals surface area contributed by atoms with E-state index in [9.17, 15) is 0 Å². The van der Waals surface area contributed by atoms with Crippen molar-refractivity contribution >= 4 is 5.96 Å². The molecular formula is C11H22N4. The van der Waals surface area contributed by atoms with Gasteiger partial charge in [0.25, 0.3) is 0 Å². The summed E-state index contributed by atoms with van der Waals surface area (Å²) in [5, 5.41) is 3.29. The Hall–Kier alpha value is -0.770. The minimum atomic E-state index is 0.612. The zero-order chi connectivity index (χ0) is 10.7. The quantitative estimate of drug-likeness (QED) is 0.282. The van der Waals surface area contributed by atoms with Crippen LogP contribution in [-0.2, 0) is 0 Å². The molecule has 0 aromatic rings. The summed E-state index contributed by atoms with van der Waals surface area (Å²) >= 11 is 0. The van der Waals surface area contributed by atoms with Crippen LogP contribution in [0, 0.1) is 11.8 Å². The van der Waals surface area contributed by atoms with Gasteiger partial charge in [0.1, 0.15) is 0 Å². The maximum absolute atomic E-state index is 5.42. The van der Waals surface area contributed by atoms with E-state index in [-0.39, 0.29) is 0 Å². The first kappa shape index (κ1) is 10.7. The van der Waals surface area contributed by atoms with Gasteiger partial charge < -0.3 is 5.32 Å². The van der Waals surface area contributed by atoms with Crippen molar-refractivity contribution in [3.63, 3.8) is 0 Å². The maximum Gasteiger partial charge on any atom is 0.205 e. The molecule has 2 rings (SSSR count). The predicted octanol–water partition coefficient (Wildman–Crippen LogP) is 0.994. The second kappa shape index (κ2) is 4.84. The Morgan fingerprint density at radius 1 is 1.33 bits per heavy atom. The van der Waals surface area contributed by atoms with Gasteiger partial charge in [0.05, 0.1) is 0 Å². The van der Waals surface area contributed by atoms with Gasteiger partial charge >= 0.3 is 0 Å². The summed E-state index contributed by atoms with van der Waals surface area (Å²) in [6, 6.07) is 0.612. The third-order valence-electron chi connectivity index (χ3n) is 3.58. The zero-order valence-corrected chi connectivity index (χ0v) is 9.50. The monoisotopic (exact) mass is 210 g/mol. The highest BCUT2D eigenvalue weighted by Gasteiger charge is 2.24. The molecule has 4 heteroatoms. The summed E-state index contributed by atoms with van der Waals surface area (Å²) in [4.78, 5) is 4.52. The molecule has 2 aliphatic carbocycles. The van der Waals surface area contributed by atoms with Crippen molar-refractivity contribution in [3.8, 4) is 0 Å². The molecule has 0 amide bonds. The molecule has 0 aromatic heterocycles. The summed E-state index contributed by atoms with van der Waals surface area (Å²) in [6.07, 6.45) is 6.55. The summed E-state index contributed by atoms with van der Waals surface area (Å²) in [5.74, 6) is 7.79. The van der Waals surface area contributed by atoms with E-state index in [1.54, 1.807) is 0 Å². The van der Waals surface area contributed by atoms with Gasteiger partial charge in [-0.25, -0.2) is 5.84 Å². The summed E-state index contributed by atoms with van der Waals surface area (Å²) in [7, 11) is 0. The summed E-state index contributed by atoms with van der Waals surface area (Å²) in [5.41, 5.74) is 2.65. The highest BCUT2D eigenvalue weighted by Crippen LogP contribution is 2.31. The number of guanidine groups is 1. The third-order valence-corrected chi connectivity index (χ3v) is 3.58. The van der Waals surface area contributed by atoms with Crippen LogP contribution in [0.25, 0.3) is 0 Å². The van der Waals surface area contributed by atoms with Gasteiger partial charge in [-0.05, 0) is 31.1 Å². The largest absolute Gasteiger partial charge is 0.353 e. The molecule has 4 nitrogen and oxygen atoms in total. The minimum absolute atomic E-state index is 0.612. The lowest BCUT2D eigenvalue weighted by molar-refractivity contribution is 0.429. The van der Waals surface area contributed by atoms with Crippen LogP contribution in [-0.4, -0.2) is 18.5 Å². The number of nitrogens with two attached hydrogens (primary N) is 1. The van der Waals surface area contributed by atoms with Gasteiger partial charge in [-0.2, -0.15) is 0 Å². The fourth-order valence-electron chi connectivity index (χ4n) is 2.26. The van der Waals surface area contributed by atoms with Crippen molar-refractivity contribution in [1.29, 1.82) is 0 Å². The van der Waals surface area contributed by atoms with Crippen molar-refractivity contribution in [3.05, 3.63) is 0 Å². The standard InChI is InChI=1S/C11H22N4/c1-8-3-2-4-9(8)7-13-11(15-12)14-10-5-6-10/h8-10H,2-7,12H2,1H3,(H2,13,14,15). The molecule has 15 heavy (non-hydrogen) atoms. The summed E-state index contributed by atoms with van der Waals surface area (Å²) < 4.78 is 0. The van der Waals surface area contributed by atoms with Crippen LogP contribution in [0.15, 0.2) is 4.99 Å². The zero-order valence-electron chi connectivity index (χ0n) is 9.50. The molecule has 0 heterocycles. The highest BCUT2D eigenvalue weighted by molar-refractivity contribution is 5.79. The smallest absolute Gasteiger partial charge is 0.205 e. The van der Waals surface area contributed by atoms with Crippen molar-refractivity contribution in [2.75, 3.05) is 6.54 Å². The van der Waals surface area contributed by atoms with Crippen LogP contribution < -0.4 is 16.6 Å². The maximum atomic E-state index is 5.42. The van der Waals surface area contributed by atoms with Gasteiger partial charge in [0, 0.05) is 12.6 Å². The molecule has 2 fully saturated rings. The lowest BCUT2D eigenvalue weighted by Crippen LogP contribution is -2.43. The molecule has 2 atom stereocenters. The van der Waals surface area contributed by atoms with Crippen LogP contribution in [0.4, 0.5) is 0 Å². The van der Waals surface area contributed by atoms with Gasteiger partial charge in [0.15, 0.2) is 0 Å². The van der Waals surface area contributed by atoms with Gasteiger partial charge in [0.2, 0.25) is 5.96 Å². The normalized spacial score (nSPS) is 31.7. The van der Waals surface area contributed by atoms with Crippen LogP contribution >= 0.6 is 0 Å². The lowest BCUT2D eigenvalue weighted by atomic mass is 9.99. The van der Waals surface area contributed by atoms with E-state index in [0.29, 0.717) is 6.04 Å². The Balaban J connectivity index is 1.78. The topological polar surface area (TPSA) is 62.4 Å². The number of nitrogens with one attached hydrogen (secondary N) is 2. The minimum Gasteiger partial charge on any atom is -0.353 e. The van der Waals surface area contributed by atoms with E-state index in [2.05, 4.69) is 22.7 Å². The van der Waals surface area contributed by atoms with Crippen molar-refractivity contribution < 1.29 is 0 Å². The molecule has 0 aromatic carbocycles. The fourth-order valence-corrected chi connectivity index (χ4v) is 2.26.